The first-order valence-corrected chi connectivity index (χ1v) is 3.80. The van der Waals surface area contributed by atoms with Crippen LogP contribution in [0.3, 0.4) is 0 Å². The van der Waals surface area contributed by atoms with Crippen molar-refractivity contribution in [2.24, 2.45) is 5.73 Å². The molecule has 0 bridgehead atoms. The lowest BCUT2D eigenvalue weighted by molar-refractivity contribution is 0.203. The molecule has 4 nitrogen and oxygen atoms in total. The van der Waals surface area contributed by atoms with E-state index in [4.69, 9.17) is 5.73 Å². The van der Waals surface area contributed by atoms with Gasteiger partial charge in [-0.2, -0.15) is 0 Å². The first-order valence-electron chi connectivity index (χ1n) is 3.80. The SMILES string of the molecule is Cc1cccc(B(O)OC(N)=O)c1. The van der Waals surface area contributed by atoms with E-state index in [-0.39, 0.29) is 0 Å². The summed E-state index contributed by atoms with van der Waals surface area (Å²) >= 11 is 0. The Bertz CT molecular complexity index is 316. The zero-order valence-corrected chi connectivity index (χ0v) is 7.23. The third-order valence-corrected chi connectivity index (χ3v) is 1.56. The van der Waals surface area contributed by atoms with Gasteiger partial charge in [0.05, 0.1) is 0 Å². The van der Waals surface area contributed by atoms with E-state index in [2.05, 4.69) is 4.65 Å². The highest BCUT2D eigenvalue weighted by Gasteiger charge is 2.19. The van der Waals surface area contributed by atoms with Crippen molar-refractivity contribution in [1.82, 2.24) is 0 Å². The molecule has 5 heteroatoms. The molecule has 0 saturated heterocycles. The summed E-state index contributed by atoms with van der Waals surface area (Å²) in [5.74, 6) is 0. The van der Waals surface area contributed by atoms with E-state index in [0.717, 1.165) is 5.56 Å². The molecule has 0 atom stereocenters. The lowest BCUT2D eigenvalue weighted by Gasteiger charge is -2.05. The molecule has 0 saturated carbocycles. The highest BCUT2D eigenvalue weighted by Crippen LogP contribution is 1.94. The topological polar surface area (TPSA) is 72.6 Å². The van der Waals surface area contributed by atoms with Crippen molar-refractivity contribution in [3.05, 3.63) is 29.8 Å². The summed E-state index contributed by atoms with van der Waals surface area (Å²) in [5, 5.41) is 9.29. The maximum absolute atomic E-state index is 10.3. The molecule has 0 spiro atoms. The third kappa shape index (κ3) is 2.80. The molecule has 1 rings (SSSR count). The Morgan fingerprint density at radius 2 is 2.31 bits per heavy atom. The summed E-state index contributed by atoms with van der Waals surface area (Å²) in [4.78, 5) is 10.3. The molecule has 1 aromatic carbocycles. The van der Waals surface area contributed by atoms with Gasteiger partial charge in [-0.25, -0.2) is 4.79 Å². The molecular formula is C8H10BNO3. The first kappa shape index (κ1) is 9.60. The Hall–Kier alpha value is -1.49. The normalized spacial score (nSPS) is 9.38. The van der Waals surface area contributed by atoms with Crippen molar-refractivity contribution in [2.75, 3.05) is 0 Å². The van der Waals surface area contributed by atoms with Gasteiger partial charge >= 0.3 is 13.2 Å². The molecule has 0 radical (unpaired) electrons. The van der Waals surface area contributed by atoms with Crippen molar-refractivity contribution in [1.29, 1.82) is 0 Å². The van der Waals surface area contributed by atoms with Crippen LogP contribution in [0, 0.1) is 6.92 Å². The van der Waals surface area contributed by atoms with Crippen molar-refractivity contribution < 1.29 is 14.5 Å². The van der Waals surface area contributed by atoms with Crippen LogP contribution in [-0.2, 0) is 4.65 Å². The van der Waals surface area contributed by atoms with E-state index >= 15 is 0 Å². The maximum Gasteiger partial charge on any atom is 0.563 e. The number of amides is 1. The van der Waals surface area contributed by atoms with Gasteiger partial charge in [-0.15, -0.1) is 0 Å². The lowest BCUT2D eigenvalue weighted by atomic mass is 9.79. The molecule has 0 aromatic heterocycles. The van der Waals surface area contributed by atoms with Gasteiger partial charge in [-0.05, 0) is 12.4 Å². The van der Waals surface area contributed by atoms with E-state index in [1.807, 2.05) is 13.0 Å². The van der Waals surface area contributed by atoms with E-state index in [1.165, 1.54) is 0 Å². The molecule has 0 aliphatic carbocycles. The predicted octanol–water partition coefficient (Wildman–Crippen LogP) is -0.222. The van der Waals surface area contributed by atoms with Gasteiger partial charge in [0.25, 0.3) is 0 Å². The molecule has 0 unspecified atom stereocenters. The molecule has 13 heavy (non-hydrogen) atoms. The summed E-state index contributed by atoms with van der Waals surface area (Å²) in [6.45, 7) is 1.88. The number of nitrogens with two attached hydrogens (primary N) is 1. The minimum Gasteiger partial charge on any atom is -0.489 e. The van der Waals surface area contributed by atoms with Crippen molar-refractivity contribution in [3.63, 3.8) is 0 Å². The molecule has 0 fully saturated rings. The van der Waals surface area contributed by atoms with E-state index < -0.39 is 13.2 Å². The molecule has 0 aliphatic rings. The highest BCUT2D eigenvalue weighted by molar-refractivity contribution is 6.61. The number of benzene rings is 1. The predicted molar refractivity (Wildman–Crippen MR) is 49.5 cm³/mol. The van der Waals surface area contributed by atoms with Crippen molar-refractivity contribution in [2.45, 2.75) is 6.92 Å². The fourth-order valence-corrected chi connectivity index (χ4v) is 1.00. The molecule has 0 aliphatic heterocycles. The number of carbonyl (C=O) groups is 1. The third-order valence-electron chi connectivity index (χ3n) is 1.56. The minimum absolute atomic E-state index is 0.513. The quantitative estimate of drug-likeness (QED) is 0.616. The molecule has 3 N–H and O–H groups in total. The van der Waals surface area contributed by atoms with Gasteiger partial charge in [-0.1, -0.05) is 29.8 Å². The lowest BCUT2D eigenvalue weighted by Crippen LogP contribution is -2.37. The number of carbonyl (C=O) groups excluding carboxylic acids is 1. The maximum atomic E-state index is 10.3. The Kier molecular flexibility index (Phi) is 2.92. The number of aryl methyl sites for hydroxylation is 1. The van der Waals surface area contributed by atoms with Crippen LogP contribution in [0.2, 0.25) is 0 Å². The molecule has 68 valence electrons. The Morgan fingerprint density at radius 1 is 1.62 bits per heavy atom. The van der Waals surface area contributed by atoms with Crippen LogP contribution in [0.25, 0.3) is 0 Å². The fourth-order valence-electron chi connectivity index (χ4n) is 1.00. The second-order valence-electron chi connectivity index (χ2n) is 2.70. The average Bonchev–Trinajstić information content (AvgIpc) is 2.03. The zero-order valence-electron chi connectivity index (χ0n) is 7.23. The minimum atomic E-state index is -1.28. The van der Waals surface area contributed by atoms with Gasteiger partial charge in [0.15, 0.2) is 0 Å². The smallest absolute Gasteiger partial charge is 0.489 e. The summed E-state index contributed by atoms with van der Waals surface area (Å²) in [7, 11) is -1.28. The number of hydrogen-bond acceptors (Lipinski definition) is 3. The summed E-state index contributed by atoms with van der Waals surface area (Å²) in [6, 6.07) is 7.01. The molecule has 1 amide bonds. The van der Waals surface area contributed by atoms with E-state index in [1.54, 1.807) is 18.2 Å². The zero-order chi connectivity index (χ0) is 9.84. The Morgan fingerprint density at radius 3 is 2.85 bits per heavy atom. The Balaban J connectivity index is 2.76. The number of primary amides is 1. The average molecular weight is 179 g/mol. The number of hydrogen-bond donors (Lipinski definition) is 2. The van der Waals surface area contributed by atoms with Crippen LogP contribution >= 0.6 is 0 Å². The van der Waals surface area contributed by atoms with Gasteiger partial charge < -0.3 is 15.4 Å². The summed E-state index contributed by atoms with van der Waals surface area (Å²) in [5.41, 5.74) is 6.24. The van der Waals surface area contributed by atoms with Crippen LogP contribution < -0.4 is 11.2 Å². The van der Waals surface area contributed by atoms with Gasteiger partial charge in [0.2, 0.25) is 0 Å². The fraction of sp³-hybridized carbons (Fsp3) is 0.125. The van der Waals surface area contributed by atoms with Crippen molar-refractivity contribution >= 4 is 18.7 Å². The van der Waals surface area contributed by atoms with Crippen LogP contribution in [0.15, 0.2) is 24.3 Å². The monoisotopic (exact) mass is 179 g/mol. The highest BCUT2D eigenvalue weighted by atomic mass is 16.6. The summed E-state index contributed by atoms with van der Waals surface area (Å²) in [6.07, 6.45) is -0.992. The second-order valence-corrected chi connectivity index (χ2v) is 2.70. The van der Waals surface area contributed by atoms with Crippen LogP contribution in [-0.4, -0.2) is 18.2 Å². The van der Waals surface area contributed by atoms with Gasteiger partial charge in [0, 0.05) is 0 Å². The van der Waals surface area contributed by atoms with Gasteiger partial charge in [0.1, 0.15) is 0 Å². The standard InChI is InChI=1S/C8H10BNO3/c1-6-3-2-4-7(5-6)9(12)13-8(10)11/h2-5,12H,1H3,(H2,10,11). The molecule has 0 heterocycles. The van der Waals surface area contributed by atoms with Gasteiger partial charge in [-0.3, -0.25) is 0 Å². The largest absolute Gasteiger partial charge is 0.563 e. The van der Waals surface area contributed by atoms with E-state index in [0.29, 0.717) is 5.46 Å². The van der Waals surface area contributed by atoms with E-state index in [9.17, 15) is 9.82 Å². The number of rotatable bonds is 2. The first-order chi connectivity index (χ1) is 6.09. The van der Waals surface area contributed by atoms with Crippen LogP contribution in [0.1, 0.15) is 5.56 Å². The second kappa shape index (κ2) is 3.95. The molecular weight excluding hydrogens is 169 g/mol. The van der Waals surface area contributed by atoms with Crippen LogP contribution in [0.5, 0.6) is 0 Å². The molecule has 1 aromatic rings. The van der Waals surface area contributed by atoms with Crippen molar-refractivity contribution in [3.8, 4) is 0 Å². The summed E-state index contributed by atoms with van der Waals surface area (Å²) < 4.78 is 4.39. The Labute approximate surface area is 76.5 Å². The van der Waals surface area contributed by atoms with Crippen LogP contribution in [0.4, 0.5) is 4.79 Å².